The fraction of sp³-hybridized carbons (Fsp3) is 0.323. The number of aryl methyl sites for hydroxylation is 1. The van der Waals surface area contributed by atoms with E-state index in [1.54, 1.807) is 12.1 Å². The maximum absolute atomic E-state index is 13.0. The van der Waals surface area contributed by atoms with E-state index >= 15 is 0 Å². The Balaban J connectivity index is 1.32. The average Bonchev–Trinajstić information content (AvgIpc) is 3.71. The third-order valence-corrected chi connectivity index (χ3v) is 8.63. The molecule has 5 rings (SSSR count). The third kappa shape index (κ3) is 6.17. The first-order chi connectivity index (χ1) is 18.4. The molecule has 0 saturated heterocycles. The first-order valence-electron chi connectivity index (χ1n) is 13.5. The molecule has 1 aliphatic rings. The van der Waals surface area contributed by atoms with Gasteiger partial charge in [-0.25, -0.2) is 13.1 Å². The van der Waals surface area contributed by atoms with Crippen LogP contribution in [0.25, 0.3) is 22.2 Å². The average molecular weight is 530 g/mol. The lowest BCUT2D eigenvalue weighted by Crippen LogP contribution is -2.26. The van der Waals surface area contributed by atoms with Gasteiger partial charge < -0.3 is 10.3 Å². The Labute approximate surface area is 224 Å². The van der Waals surface area contributed by atoms with Gasteiger partial charge in [0.1, 0.15) is 0 Å². The number of carbonyl (C=O) groups is 1. The van der Waals surface area contributed by atoms with E-state index in [2.05, 4.69) is 28.0 Å². The molecule has 0 radical (unpaired) electrons. The Morgan fingerprint density at radius 3 is 2.50 bits per heavy atom. The van der Waals surface area contributed by atoms with Crippen LogP contribution in [0, 0.1) is 5.92 Å². The topological polar surface area (TPSA) is 91.1 Å². The summed E-state index contributed by atoms with van der Waals surface area (Å²) in [6, 6.07) is 23.1. The van der Waals surface area contributed by atoms with Crippen LogP contribution in [-0.4, -0.2) is 25.9 Å². The number of aromatic amines is 1. The van der Waals surface area contributed by atoms with E-state index in [0.29, 0.717) is 6.42 Å². The van der Waals surface area contributed by atoms with Crippen LogP contribution in [0.1, 0.15) is 50.2 Å². The highest BCUT2D eigenvalue weighted by molar-refractivity contribution is 7.89. The normalized spacial score (nSPS) is 13.6. The van der Waals surface area contributed by atoms with Crippen LogP contribution in [-0.2, 0) is 27.7 Å². The summed E-state index contributed by atoms with van der Waals surface area (Å²) in [5.41, 5.74) is 5.85. The highest BCUT2D eigenvalue weighted by Gasteiger charge is 2.29. The fourth-order valence-electron chi connectivity index (χ4n) is 4.86. The SMILES string of the molecule is CCCCCc1ccc(S(=O)(=O)NCCc2c(-c3cccc(NC(=O)C4CC4)c3)[nH]c3ccccc23)cc1. The molecule has 3 N–H and O–H groups in total. The van der Waals surface area contributed by atoms with Gasteiger partial charge in [0.05, 0.1) is 4.90 Å². The van der Waals surface area contributed by atoms with Crippen molar-refractivity contribution in [2.75, 3.05) is 11.9 Å². The second-order valence-electron chi connectivity index (χ2n) is 10.1. The van der Waals surface area contributed by atoms with Gasteiger partial charge in [0, 0.05) is 40.3 Å². The minimum atomic E-state index is -3.62. The number of nitrogens with one attached hydrogen (secondary N) is 3. The zero-order valence-corrected chi connectivity index (χ0v) is 22.6. The molecule has 0 spiro atoms. The molecular formula is C31H35N3O3S. The van der Waals surface area contributed by atoms with Gasteiger partial charge in [0.25, 0.3) is 0 Å². The molecule has 0 bridgehead atoms. The number of carbonyl (C=O) groups excluding carboxylic acids is 1. The van der Waals surface area contributed by atoms with Crippen LogP contribution in [0.2, 0.25) is 0 Å². The number of H-pyrrole nitrogens is 1. The van der Waals surface area contributed by atoms with Gasteiger partial charge in [-0.15, -0.1) is 0 Å². The number of rotatable bonds is 12. The highest BCUT2D eigenvalue weighted by atomic mass is 32.2. The number of amides is 1. The summed E-state index contributed by atoms with van der Waals surface area (Å²) < 4.78 is 28.8. The number of fused-ring (bicyclic) bond motifs is 1. The molecule has 0 atom stereocenters. The third-order valence-electron chi connectivity index (χ3n) is 7.15. The van der Waals surface area contributed by atoms with Crippen molar-refractivity contribution in [2.24, 2.45) is 5.92 Å². The maximum atomic E-state index is 13.0. The Kier molecular flexibility index (Phi) is 7.95. The van der Waals surface area contributed by atoms with Crippen molar-refractivity contribution in [2.45, 2.75) is 56.8 Å². The molecule has 1 aliphatic carbocycles. The molecule has 0 unspecified atom stereocenters. The van der Waals surface area contributed by atoms with Gasteiger partial charge in [-0.1, -0.05) is 62.2 Å². The van der Waals surface area contributed by atoms with Gasteiger partial charge in [-0.3, -0.25) is 4.79 Å². The van der Waals surface area contributed by atoms with E-state index < -0.39 is 10.0 Å². The van der Waals surface area contributed by atoms with Crippen LogP contribution in [0.3, 0.4) is 0 Å². The van der Waals surface area contributed by atoms with Crippen LogP contribution in [0.4, 0.5) is 5.69 Å². The zero-order chi connectivity index (χ0) is 26.5. The number of para-hydroxylation sites is 1. The number of unbranched alkanes of at least 4 members (excludes halogenated alkanes) is 2. The molecule has 1 saturated carbocycles. The van der Waals surface area contributed by atoms with E-state index in [0.717, 1.165) is 71.1 Å². The van der Waals surface area contributed by atoms with Crippen LogP contribution < -0.4 is 10.0 Å². The lowest BCUT2D eigenvalue weighted by Gasteiger charge is -2.10. The predicted molar refractivity (Wildman–Crippen MR) is 154 cm³/mol. The predicted octanol–water partition coefficient (Wildman–Crippen LogP) is 6.44. The summed E-state index contributed by atoms with van der Waals surface area (Å²) in [5.74, 6) is 0.204. The Morgan fingerprint density at radius 1 is 0.947 bits per heavy atom. The van der Waals surface area contributed by atoms with E-state index in [4.69, 9.17) is 0 Å². The molecule has 4 aromatic rings. The van der Waals surface area contributed by atoms with E-state index in [9.17, 15) is 13.2 Å². The molecule has 1 amide bonds. The monoisotopic (exact) mass is 529 g/mol. The summed E-state index contributed by atoms with van der Waals surface area (Å²) >= 11 is 0. The van der Waals surface area contributed by atoms with E-state index in [-0.39, 0.29) is 23.3 Å². The molecule has 1 heterocycles. The van der Waals surface area contributed by atoms with Crippen LogP contribution in [0.15, 0.2) is 77.7 Å². The number of benzene rings is 3. The van der Waals surface area contributed by atoms with Crippen molar-refractivity contribution in [1.29, 1.82) is 0 Å². The minimum absolute atomic E-state index is 0.0717. The molecule has 7 heteroatoms. The molecule has 3 aromatic carbocycles. The lowest BCUT2D eigenvalue weighted by molar-refractivity contribution is -0.117. The molecule has 0 aliphatic heterocycles. The highest BCUT2D eigenvalue weighted by Crippen LogP contribution is 2.33. The van der Waals surface area contributed by atoms with Crippen molar-refractivity contribution in [3.05, 3.63) is 83.9 Å². The number of anilines is 1. The number of aromatic nitrogens is 1. The number of sulfonamides is 1. The van der Waals surface area contributed by atoms with Gasteiger partial charge in [0.2, 0.25) is 15.9 Å². The fourth-order valence-corrected chi connectivity index (χ4v) is 5.89. The van der Waals surface area contributed by atoms with Crippen LogP contribution in [0.5, 0.6) is 0 Å². The maximum Gasteiger partial charge on any atom is 0.240 e. The molecule has 198 valence electrons. The molecule has 6 nitrogen and oxygen atoms in total. The molecule has 1 aromatic heterocycles. The van der Waals surface area contributed by atoms with Gasteiger partial charge in [-0.2, -0.15) is 0 Å². The summed E-state index contributed by atoms with van der Waals surface area (Å²) in [6.45, 7) is 2.45. The van der Waals surface area contributed by atoms with Crippen molar-refractivity contribution >= 4 is 32.5 Å². The standard InChI is InChI=1S/C31H35N3O3S/c1-2-3-4-8-22-13-17-26(18-14-22)38(36,37)32-20-19-28-27-11-5-6-12-29(27)34-30(28)24-9-7-10-25(21-24)33-31(35)23-15-16-23/h5-7,9-14,17-18,21,23,32,34H,2-4,8,15-16,19-20H2,1H3,(H,33,35). The minimum Gasteiger partial charge on any atom is -0.354 e. The molecule has 38 heavy (non-hydrogen) atoms. The Bertz CT molecular complexity index is 1520. The summed E-state index contributed by atoms with van der Waals surface area (Å²) in [7, 11) is -3.62. The second-order valence-corrected chi connectivity index (χ2v) is 11.9. The Hall–Kier alpha value is -3.42. The van der Waals surface area contributed by atoms with E-state index in [1.807, 2.05) is 54.6 Å². The number of hydrogen-bond donors (Lipinski definition) is 3. The molecular weight excluding hydrogens is 494 g/mol. The van der Waals surface area contributed by atoms with Gasteiger partial charge in [-0.05, 0) is 73.6 Å². The first kappa shape index (κ1) is 26.2. The molecule has 1 fully saturated rings. The lowest BCUT2D eigenvalue weighted by atomic mass is 10.0. The largest absolute Gasteiger partial charge is 0.354 e. The second kappa shape index (κ2) is 11.5. The van der Waals surface area contributed by atoms with Crippen molar-refractivity contribution in [3.63, 3.8) is 0 Å². The van der Waals surface area contributed by atoms with Crippen LogP contribution >= 0.6 is 0 Å². The summed E-state index contributed by atoms with van der Waals surface area (Å²) in [5, 5.41) is 4.08. The number of hydrogen-bond acceptors (Lipinski definition) is 3. The van der Waals surface area contributed by atoms with Gasteiger partial charge in [0.15, 0.2) is 0 Å². The quantitative estimate of drug-likeness (QED) is 0.185. The van der Waals surface area contributed by atoms with Crippen molar-refractivity contribution < 1.29 is 13.2 Å². The van der Waals surface area contributed by atoms with E-state index in [1.165, 1.54) is 6.42 Å². The van der Waals surface area contributed by atoms with Crippen molar-refractivity contribution in [1.82, 2.24) is 9.71 Å². The summed E-state index contributed by atoms with van der Waals surface area (Å²) in [6.07, 6.45) is 6.85. The van der Waals surface area contributed by atoms with Gasteiger partial charge >= 0.3 is 0 Å². The zero-order valence-electron chi connectivity index (χ0n) is 21.8. The Morgan fingerprint density at radius 2 is 1.74 bits per heavy atom. The van der Waals surface area contributed by atoms with Crippen molar-refractivity contribution in [3.8, 4) is 11.3 Å². The first-order valence-corrected chi connectivity index (χ1v) is 15.0. The smallest absolute Gasteiger partial charge is 0.240 e. The summed E-state index contributed by atoms with van der Waals surface area (Å²) in [4.78, 5) is 16.1.